The minimum absolute atomic E-state index is 0.101. The maximum atomic E-state index is 12.1. The van der Waals surface area contributed by atoms with Crippen molar-refractivity contribution in [3.05, 3.63) is 53.1 Å². The maximum absolute atomic E-state index is 12.1. The largest absolute Gasteiger partial charge is 0.354 e. The quantitative estimate of drug-likeness (QED) is 0.541. The molecule has 1 aliphatic heterocycles. The van der Waals surface area contributed by atoms with Crippen LogP contribution < -0.4 is 10.2 Å². The Hall–Kier alpha value is -2.09. The molecule has 0 unspecified atom stereocenters. The third kappa shape index (κ3) is 5.79. The fourth-order valence-corrected chi connectivity index (χ4v) is 5.77. The summed E-state index contributed by atoms with van der Waals surface area (Å²) in [6.07, 6.45) is 0. The number of piperazine rings is 1. The summed E-state index contributed by atoms with van der Waals surface area (Å²) in [6.45, 7) is 11.9. The van der Waals surface area contributed by atoms with Crippen molar-refractivity contribution in [3.63, 3.8) is 0 Å². The Balaban J connectivity index is 1.18. The van der Waals surface area contributed by atoms with Crippen molar-refractivity contribution in [2.75, 3.05) is 49.9 Å². The van der Waals surface area contributed by atoms with E-state index in [2.05, 4.69) is 72.3 Å². The molecule has 0 atom stereocenters. The van der Waals surface area contributed by atoms with Gasteiger partial charge >= 0.3 is 0 Å². The lowest BCUT2D eigenvalue weighted by Gasteiger charge is -2.34. The van der Waals surface area contributed by atoms with Crippen molar-refractivity contribution in [3.8, 4) is 0 Å². The predicted molar refractivity (Wildman–Crippen MR) is 133 cm³/mol. The van der Waals surface area contributed by atoms with Gasteiger partial charge in [0, 0.05) is 44.2 Å². The zero-order valence-electron chi connectivity index (χ0n) is 18.5. The second-order valence-electron chi connectivity index (χ2n) is 8.21. The monoisotopic (exact) mass is 454 g/mol. The average Bonchev–Trinajstić information content (AvgIpc) is 3.18. The van der Waals surface area contributed by atoms with Crippen molar-refractivity contribution < 1.29 is 4.79 Å². The van der Waals surface area contributed by atoms with Gasteiger partial charge in [-0.05, 0) is 50.1 Å². The Morgan fingerprint density at radius 3 is 2.55 bits per heavy atom. The van der Waals surface area contributed by atoms with Gasteiger partial charge in [-0.1, -0.05) is 35.1 Å². The lowest BCUT2D eigenvalue weighted by molar-refractivity contribution is -0.118. The molecular weight excluding hydrogens is 424 g/mol. The molecule has 4 rings (SSSR count). The summed E-state index contributed by atoms with van der Waals surface area (Å²) in [4.78, 5) is 23.0. The average molecular weight is 455 g/mol. The molecule has 2 aromatic carbocycles. The second kappa shape index (κ2) is 10.0. The number of fused-ring (bicyclic) bond motifs is 1. The van der Waals surface area contributed by atoms with E-state index in [9.17, 15) is 4.79 Å². The summed E-state index contributed by atoms with van der Waals surface area (Å²) in [5.74, 6) is 0.567. The second-order valence-corrected chi connectivity index (χ2v) is 10.3. The van der Waals surface area contributed by atoms with Gasteiger partial charge < -0.3 is 10.2 Å². The van der Waals surface area contributed by atoms with Crippen LogP contribution in [0.25, 0.3) is 10.2 Å². The van der Waals surface area contributed by atoms with Gasteiger partial charge in [0.25, 0.3) is 0 Å². The molecule has 1 fully saturated rings. The number of amides is 1. The summed E-state index contributed by atoms with van der Waals surface area (Å²) in [7, 11) is 0. The first kappa shape index (κ1) is 22.1. The van der Waals surface area contributed by atoms with Crippen LogP contribution in [0.3, 0.4) is 0 Å². The van der Waals surface area contributed by atoms with Gasteiger partial charge in [0.2, 0.25) is 5.91 Å². The van der Waals surface area contributed by atoms with Crippen molar-refractivity contribution in [1.82, 2.24) is 15.2 Å². The van der Waals surface area contributed by atoms with Crippen molar-refractivity contribution in [1.29, 1.82) is 0 Å². The minimum atomic E-state index is 0.101. The molecule has 1 aliphatic rings. The lowest BCUT2D eigenvalue weighted by Crippen LogP contribution is -2.48. The molecule has 0 radical (unpaired) electrons. The first-order valence-electron chi connectivity index (χ1n) is 10.8. The molecule has 1 aromatic heterocycles. The lowest BCUT2D eigenvalue weighted by atomic mass is 10.1. The third-order valence-electron chi connectivity index (χ3n) is 5.60. The molecule has 0 aliphatic carbocycles. The number of hydrogen-bond donors (Lipinski definition) is 1. The van der Waals surface area contributed by atoms with E-state index in [4.69, 9.17) is 4.98 Å². The fourth-order valence-electron chi connectivity index (χ4n) is 3.84. The van der Waals surface area contributed by atoms with Crippen molar-refractivity contribution >= 4 is 44.4 Å². The highest BCUT2D eigenvalue weighted by molar-refractivity contribution is 8.00. The molecule has 7 heteroatoms. The normalized spacial score (nSPS) is 14.9. The van der Waals surface area contributed by atoms with E-state index in [1.54, 1.807) is 23.1 Å². The number of aromatic nitrogens is 1. The summed E-state index contributed by atoms with van der Waals surface area (Å²) < 4.78 is 1.28. The summed E-state index contributed by atoms with van der Waals surface area (Å²) in [5.41, 5.74) is 4.93. The summed E-state index contributed by atoms with van der Waals surface area (Å²) in [6, 6.07) is 12.7. The van der Waals surface area contributed by atoms with E-state index in [0.717, 1.165) is 48.3 Å². The van der Waals surface area contributed by atoms with Gasteiger partial charge in [-0.2, -0.15) is 0 Å². The van der Waals surface area contributed by atoms with Gasteiger partial charge in [-0.15, -0.1) is 11.8 Å². The third-order valence-corrected chi connectivity index (χ3v) is 7.68. The van der Waals surface area contributed by atoms with E-state index in [-0.39, 0.29) is 5.91 Å². The van der Waals surface area contributed by atoms with Crippen molar-refractivity contribution in [2.45, 2.75) is 25.7 Å². The Kier molecular flexibility index (Phi) is 7.15. The van der Waals surface area contributed by atoms with Crippen LogP contribution >= 0.6 is 23.1 Å². The first-order chi connectivity index (χ1) is 15.0. The number of carbonyl (C=O) groups excluding carboxylic acids is 1. The number of thiazole rings is 1. The van der Waals surface area contributed by atoms with E-state index >= 15 is 0 Å². The minimum Gasteiger partial charge on any atom is -0.354 e. The van der Waals surface area contributed by atoms with Crippen LogP contribution in [-0.4, -0.2) is 60.8 Å². The number of benzene rings is 2. The van der Waals surface area contributed by atoms with Crippen LogP contribution in [0.15, 0.2) is 41.3 Å². The predicted octanol–water partition coefficient (Wildman–Crippen LogP) is 4.25. The highest BCUT2D eigenvalue weighted by Crippen LogP contribution is 2.32. The Bertz CT molecular complexity index is 1040. The zero-order chi connectivity index (χ0) is 21.8. The number of nitrogens with one attached hydrogen (secondary N) is 1. The summed E-state index contributed by atoms with van der Waals surface area (Å²) in [5, 5.41) is 4.19. The topological polar surface area (TPSA) is 48.5 Å². The standard InChI is InChI=1S/C24H30N4OS2/c1-17-4-6-20(7-5-17)30-16-22(29)25-8-9-27-10-12-28(13-11-27)24-26-23-19(3)14-18(2)15-21(23)31-24/h4-7,14-15H,8-13,16H2,1-3H3,(H,25,29). The fraction of sp³-hybridized carbons (Fsp3) is 0.417. The number of carbonyl (C=O) groups is 1. The number of hydrogen-bond acceptors (Lipinski definition) is 6. The number of anilines is 1. The van der Waals surface area contributed by atoms with E-state index in [1.807, 2.05) is 0 Å². The number of rotatable bonds is 7. The zero-order valence-corrected chi connectivity index (χ0v) is 20.1. The molecule has 5 nitrogen and oxygen atoms in total. The van der Waals surface area contributed by atoms with Gasteiger partial charge in [0.15, 0.2) is 5.13 Å². The first-order valence-corrected chi connectivity index (χ1v) is 12.6. The van der Waals surface area contributed by atoms with Gasteiger partial charge in [0.1, 0.15) is 0 Å². The van der Waals surface area contributed by atoms with Crippen molar-refractivity contribution in [2.24, 2.45) is 0 Å². The molecule has 0 saturated carbocycles. The van der Waals surface area contributed by atoms with Crippen LogP contribution in [0.5, 0.6) is 0 Å². The molecule has 1 saturated heterocycles. The Labute approximate surface area is 192 Å². The van der Waals surface area contributed by atoms with E-state index in [1.165, 1.54) is 21.4 Å². The molecule has 164 valence electrons. The van der Waals surface area contributed by atoms with Crippen LogP contribution in [-0.2, 0) is 4.79 Å². The Morgan fingerprint density at radius 2 is 1.81 bits per heavy atom. The van der Waals surface area contributed by atoms with Crippen LogP contribution in [0.4, 0.5) is 5.13 Å². The number of aryl methyl sites for hydroxylation is 3. The molecule has 1 N–H and O–H groups in total. The Morgan fingerprint density at radius 1 is 1.06 bits per heavy atom. The molecule has 0 bridgehead atoms. The van der Waals surface area contributed by atoms with Gasteiger partial charge in [-0.25, -0.2) is 4.98 Å². The van der Waals surface area contributed by atoms with Gasteiger partial charge in [0.05, 0.1) is 16.0 Å². The summed E-state index contributed by atoms with van der Waals surface area (Å²) >= 11 is 3.38. The highest BCUT2D eigenvalue weighted by atomic mass is 32.2. The molecule has 0 spiro atoms. The van der Waals surface area contributed by atoms with Crippen LogP contribution in [0, 0.1) is 20.8 Å². The van der Waals surface area contributed by atoms with E-state index in [0.29, 0.717) is 12.3 Å². The maximum Gasteiger partial charge on any atom is 0.230 e. The molecule has 31 heavy (non-hydrogen) atoms. The van der Waals surface area contributed by atoms with Crippen LogP contribution in [0.1, 0.15) is 16.7 Å². The number of nitrogens with zero attached hydrogens (tertiary/aromatic N) is 3. The molecule has 2 heterocycles. The molecular formula is C24H30N4OS2. The van der Waals surface area contributed by atoms with Gasteiger partial charge in [-0.3, -0.25) is 9.69 Å². The SMILES string of the molecule is Cc1ccc(SCC(=O)NCCN2CCN(c3nc4c(C)cc(C)cc4s3)CC2)cc1. The smallest absolute Gasteiger partial charge is 0.230 e. The highest BCUT2D eigenvalue weighted by Gasteiger charge is 2.20. The molecule has 1 amide bonds. The number of thioether (sulfide) groups is 1. The van der Waals surface area contributed by atoms with E-state index < -0.39 is 0 Å². The molecule has 3 aromatic rings. The van der Waals surface area contributed by atoms with Crippen LogP contribution in [0.2, 0.25) is 0 Å².